The van der Waals surface area contributed by atoms with E-state index in [1.54, 1.807) is 13.0 Å². The summed E-state index contributed by atoms with van der Waals surface area (Å²) in [5.41, 5.74) is 2.55. The van der Waals surface area contributed by atoms with Crippen molar-refractivity contribution in [2.24, 2.45) is 0 Å². The summed E-state index contributed by atoms with van der Waals surface area (Å²) in [5.74, 6) is 0. The molecule has 0 aliphatic rings. The second-order valence-electron chi connectivity index (χ2n) is 4.39. The second kappa shape index (κ2) is 5.26. The van der Waals surface area contributed by atoms with E-state index in [4.69, 9.17) is 0 Å². The average molecular weight is 360 g/mol. The zero-order chi connectivity index (χ0) is 14.2. The molecule has 0 aliphatic heterocycles. The van der Waals surface area contributed by atoms with Gasteiger partial charge in [0, 0.05) is 4.88 Å². The van der Waals surface area contributed by atoms with Gasteiger partial charge in [0.25, 0.3) is 10.0 Å². The van der Waals surface area contributed by atoms with Crippen LogP contribution in [0.4, 0.5) is 5.69 Å². The summed E-state index contributed by atoms with van der Waals surface area (Å²) in [6.07, 6.45) is 0. The number of benzene rings is 1. The minimum atomic E-state index is -3.53. The van der Waals surface area contributed by atoms with Crippen LogP contribution in [0.3, 0.4) is 0 Å². The molecule has 1 N–H and O–H groups in total. The van der Waals surface area contributed by atoms with Crippen molar-refractivity contribution in [1.82, 2.24) is 0 Å². The van der Waals surface area contributed by atoms with Gasteiger partial charge in [0.2, 0.25) is 0 Å². The fourth-order valence-corrected chi connectivity index (χ4v) is 5.28. The summed E-state index contributed by atoms with van der Waals surface area (Å²) < 4.78 is 28.2. The number of anilines is 1. The standard InChI is InChI=1S/C13H14BrNO2S2/c1-8-4-5-9(2)11(6-8)15-19(16,17)12-7-13(14)18-10(12)3/h4-7,15H,1-3H3. The molecule has 0 amide bonds. The Morgan fingerprint density at radius 1 is 1.16 bits per heavy atom. The predicted molar refractivity (Wildman–Crippen MR) is 83.5 cm³/mol. The molecule has 1 aromatic heterocycles. The van der Waals surface area contributed by atoms with Gasteiger partial charge in [0.1, 0.15) is 4.90 Å². The van der Waals surface area contributed by atoms with Crippen molar-refractivity contribution in [3.63, 3.8) is 0 Å². The Kier molecular flexibility index (Phi) is 4.03. The second-order valence-corrected chi connectivity index (χ2v) is 8.68. The van der Waals surface area contributed by atoms with Crippen LogP contribution in [0.5, 0.6) is 0 Å². The number of halogens is 1. The third-order valence-corrected chi connectivity index (χ3v) is 5.94. The normalized spacial score (nSPS) is 11.6. The molecular formula is C13H14BrNO2S2. The first-order valence-corrected chi connectivity index (χ1v) is 8.75. The van der Waals surface area contributed by atoms with Crippen LogP contribution in [0.1, 0.15) is 16.0 Å². The summed E-state index contributed by atoms with van der Waals surface area (Å²) in [5, 5.41) is 0. The van der Waals surface area contributed by atoms with Gasteiger partial charge in [-0.2, -0.15) is 0 Å². The summed E-state index contributed by atoms with van der Waals surface area (Å²) >= 11 is 4.72. The fourth-order valence-electron chi connectivity index (χ4n) is 1.74. The van der Waals surface area contributed by atoms with Gasteiger partial charge < -0.3 is 0 Å². The van der Waals surface area contributed by atoms with Crippen molar-refractivity contribution < 1.29 is 8.42 Å². The lowest BCUT2D eigenvalue weighted by atomic mass is 10.1. The van der Waals surface area contributed by atoms with Crippen molar-refractivity contribution in [2.75, 3.05) is 4.72 Å². The van der Waals surface area contributed by atoms with Crippen LogP contribution in [0.25, 0.3) is 0 Å². The first kappa shape index (κ1) is 14.6. The third-order valence-electron chi connectivity index (χ3n) is 2.77. The van der Waals surface area contributed by atoms with Crippen molar-refractivity contribution in [1.29, 1.82) is 0 Å². The molecule has 0 atom stereocenters. The molecule has 0 saturated heterocycles. The Morgan fingerprint density at radius 3 is 2.42 bits per heavy atom. The Balaban J connectivity index is 2.42. The number of aryl methyl sites for hydroxylation is 3. The van der Waals surface area contributed by atoms with E-state index in [0.29, 0.717) is 10.6 Å². The highest BCUT2D eigenvalue weighted by atomic mass is 79.9. The van der Waals surface area contributed by atoms with Crippen LogP contribution in [-0.2, 0) is 10.0 Å². The van der Waals surface area contributed by atoms with E-state index in [-0.39, 0.29) is 0 Å². The van der Waals surface area contributed by atoms with Gasteiger partial charge in [-0.3, -0.25) is 4.72 Å². The Bertz CT molecular complexity index is 720. The first-order chi connectivity index (χ1) is 8.79. The van der Waals surface area contributed by atoms with Gasteiger partial charge in [0.05, 0.1) is 9.47 Å². The van der Waals surface area contributed by atoms with E-state index < -0.39 is 10.0 Å². The third kappa shape index (κ3) is 3.19. The lowest BCUT2D eigenvalue weighted by molar-refractivity contribution is 0.601. The molecule has 0 spiro atoms. The molecule has 0 saturated carbocycles. The maximum absolute atomic E-state index is 12.4. The van der Waals surface area contributed by atoms with Gasteiger partial charge in [-0.05, 0) is 60.0 Å². The number of thiophene rings is 1. The molecule has 19 heavy (non-hydrogen) atoms. The Morgan fingerprint density at radius 2 is 1.84 bits per heavy atom. The van der Waals surface area contributed by atoms with Crippen molar-refractivity contribution >= 4 is 43.0 Å². The maximum Gasteiger partial charge on any atom is 0.263 e. The topological polar surface area (TPSA) is 46.2 Å². The fraction of sp³-hybridized carbons (Fsp3) is 0.231. The molecule has 6 heteroatoms. The highest BCUT2D eigenvalue weighted by Gasteiger charge is 2.20. The van der Waals surface area contributed by atoms with Crippen LogP contribution in [0.15, 0.2) is 32.9 Å². The van der Waals surface area contributed by atoms with E-state index in [9.17, 15) is 8.42 Å². The van der Waals surface area contributed by atoms with Crippen LogP contribution in [0, 0.1) is 20.8 Å². The largest absolute Gasteiger partial charge is 0.279 e. The first-order valence-electron chi connectivity index (χ1n) is 5.65. The van der Waals surface area contributed by atoms with Crippen LogP contribution >= 0.6 is 27.3 Å². The molecule has 0 unspecified atom stereocenters. The van der Waals surface area contributed by atoms with E-state index >= 15 is 0 Å². The Hall–Kier alpha value is -0.850. The average Bonchev–Trinajstić information content (AvgIpc) is 2.63. The molecule has 2 aromatic rings. The monoisotopic (exact) mass is 359 g/mol. The van der Waals surface area contributed by atoms with Crippen LogP contribution in [-0.4, -0.2) is 8.42 Å². The number of sulfonamides is 1. The quantitative estimate of drug-likeness (QED) is 0.890. The summed E-state index contributed by atoms with van der Waals surface area (Å²) in [7, 11) is -3.53. The zero-order valence-electron chi connectivity index (χ0n) is 10.8. The van der Waals surface area contributed by atoms with Crippen LogP contribution in [0.2, 0.25) is 0 Å². The maximum atomic E-state index is 12.4. The SMILES string of the molecule is Cc1ccc(C)c(NS(=O)(=O)c2cc(Br)sc2C)c1. The highest BCUT2D eigenvalue weighted by Crippen LogP contribution is 2.31. The van der Waals surface area contributed by atoms with E-state index in [2.05, 4.69) is 20.7 Å². The minimum absolute atomic E-state index is 0.324. The molecule has 0 radical (unpaired) electrons. The van der Waals surface area contributed by atoms with Gasteiger partial charge in [0.15, 0.2) is 0 Å². The minimum Gasteiger partial charge on any atom is -0.279 e. The molecule has 0 aliphatic carbocycles. The molecule has 2 rings (SSSR count). The van der Waals surface area contributed by atoms with Gasteiger partial charge in [-0.25, -0.2) is 8.42 Å². The molecule has 0 bridgehead atoms. The molecule has 1 heterocycles. The molecule has 1 aromatic carbocycles. The Labute approximate surface area is 125 Å². The zero-order valence-corrected chi connectivity index (χ0v) is 14.0. The van der Waals surface area contributed by atoms with Gasteiger partial charge in [-0.15, -0.1) is 11.3 Å². The summed E-state index contributed by atoms with van der Waals surface area (Å²) in [4.78, 5) is 1.09. The highest BCUT2D eigenvalue weighted by molar-refractivity contribution is 9.11. The number of rotatable bonds is 3. The van der Waals surface area contributed by atoms with E-state index in [0.717, 1.165) is 19.8 Å². The van der Waals surface area contributed by atoms with Crippen molar-refractivity contribution in [2.45, 2.75) is 25.7 Å². The number of hydrogen-bond donors (Lipinski definition) is 1. The lowest BCUT2D eigenvalue weighted by Gasteiger charge is -2.11. The molecule has 0 fully saturated rings. The van der Waals surface area contributed by atoms with Gasteiger partial charge >= 0.3 is 0 Å². The summed E-state index contributed by atoms with van der Waals surface area (Å²) in [6.45, 7) is 5.62. The summed E-state index contributed by atoms with van der Waals surface area (Å²) in [6, 6.07) is 7.33. The molecular weight excluding hydrogens is 346 g/mol. The van der Waals surface area contributed by atoms with Crippen molar-refractivity contribution in [3.8, 4) is 0 Å². The predicted octanol–water partition coefficient (Wildman–Crippen LogP) is 4.24. The van der Waals surface area contributed by atoms with E-state index in [1.165, 1.54) is 11.3 Å². The van der Waals surface area contributed by atoms with E-state index in [1.807, 2.05) is 32.0 Å². The smallest absolute Gasteiger partial charge is 0.263 e. The number of hydrogen-bond acceptors (Lipinski definition) is 3. The van der Waals surface area contributed by atoms with Crippen LogP contribution < -0.4 is 4.72 Å². The molecule has 3 nitrogen and oxygen atoms in total. The van der Waals surface area contributed by atoms with Gasteiger partial charge in [-0.1, -0.05) is 12.1 Å². The molecule has 102 valence electrons. The number of nitrogens with one attached hydrogen (secondary N) is 1. The lowest BCUT2D eigenvalue weighted by Crippen LogP contribution is -2.14. The van der Waals surface area contributed by atoms with Crippen molar-refractivity contribution in [3.05, 3.63) is 44.1 Å².